The number of aryl methyl sites for hydroxylation is 1. The summed E-state index contributed by atoms with van der Waals surface area (Å²) < 4.78 is 7.00. The first-order valence-corrected chi connectivity index (χ1v) is 7.83. The van der Waals surface area contributed by atoms with Crippen LogP contribution in [-0.4, -0.2) is 32.8 Å². The monoisotopic (exact) mass is 315 g/mol. The van der Waals surface area contributed by atoms with Crippen LogP contribution in [0.15, 0.2) is 18.6 Å². The summed E-state index contributed by atoms with van der Waals surface area (Å²) in [4.78, 5) is 20.5. The third-order valence-corrected chi connectivity index (χ3v) is 4.04. The van der Waals surface area contributed by atoms with Gasteiger partial charge in [-0.3, -0.25) is 9.48 Å². The summed E-state index contributed by atoms with van der Waals surface area (Å²) in [6.07, 6.45) is 7.84. The van der Waals surface area contributed by atoms with Crippen LogP contribution >= 0.6 is 0 Å². The number of carbonyl (C=O) groups excluding carboxylic acids is 1. The van der Waals surface area contributed by atoms with E-state index in [1.165, 1.54) is 25.1 Å². The third-order valence-electron chi connectivity index (χ3n) is 4.04. The van der Waals surface area contributed by atoms with Crippen molar-refractivity contribution >= 4 is 5.91 Å². The van der Waals surface area contributed by atoms with Gasteiger partial charge in [0.05, 0.1) is 37.4 Å². The summed E-state index contributed by atoms with van der Waals surface area (Å²) in [6, 6.07) is 0.204. The molecule has 122 valence electrons. The van der Waals surface area contributed by atoms with E-state index in [1.807, 2.05) is 10.9 Å². The summed E-state index contributed by atoms with van der Waals surface area (Å²) in [6.45, 7) is 4.18. The summed E-state index contributed by atoms with van der Waals surface area (Å²) in [5.74, 6) is 0.398. The van der Waals surface area contributed by atoms with Crippen LogP contribution in [0.4, 0.5) is 0 Å². The molecule has 2 aromatic heterocycles. The quantitative estimate of drug-likeness (QED) is 0.934. The Morgan fingerprint density at radius 1 is 1.35 bits per heavy atom. The van der Waals surface area contributed by atoms with Crippen molar-refractivity contribution in [3.05, 3.63) is 35.7 Å². The van der Waals surface area contributed by atoms with Crippen LogP contribution in [0.5, 0.6) is 5.75 Å². The highest BCUT2D eigenvalue weighted by Gasteiger charge is 2.28. The molecule has 0 saturated heterocycles. The number of hydrogen-bond donors (Lipinski definition) is 1. The Kier molecular flexibility index (Phi) is 4.27. The zero-order chi connectivity index (χ0) is 16.4. The molecule has 1 amide bonds. The first kappa shape index (κ1) is 15.5. The number of ether oxygens (including phenoxy) is 1. The highest BCUT2D eigenvalue weighted by atomic mass is 16.5. The SMILES string of the molecule is COc1cnc(C(=O)N[C@H]2CCCc3cnn(C(C)C)c32)nc1. The van der Waals surface area contributed by atoms with Crippen LogP contribution in [0, 0.1) is 0 Å². The molecular formula is C16H21N5O2. The van der Waals surface area contributed by atoms with Crippen LogP contribution in [0.2, 0.25) is 0 Å². The lowest BCUT2D eigenvalue weighted by molar-refractivity contribution is 0.0919. The van der Waals surface area contributed by atoms with E-state index in [4.69, 9.17) is 4.74 Å². The van der Waals surface area contributed by atoms with Crippen molar-refractivity contribution in [1.29, 1.82) is 0 Å². The van der Waals surface area contributed by atoms with Gasteiger partial charge < -0.3 is 10.1 Å². The second-order valence-corrected chi connectivity index (χ2v) is 5.96. The van der Waals surface area contributed by atoms with Gasteiger partial charge in [0.25, 0.3) is 5.91 Å². The summed E-state index contributed by atoms with van der Waals surface area (Å²) >= 11 is 0. The molecule has 1 aliphatic carbocycles. The number of aromatic nitrogens is 4. The van der Waals surface area contributed by atoms with Gasteiger partial charge in [-0.25, -0.2) is 9.97 Å². The van der Waals surface area contributed by atoms with Crippen LogP contribution in [0.1, 0.15) is 60.6 Å². The molecule has 1 aliphatic rings. The molecule has 7 nitrogen and oxygen atoms in total. The lowest BCUT2D eigenvalue weighted by atomic mass is 9.93. The zero-order valence-electron chi connectivity index (χ0n) is 13.6. The van der Waals surface area contributed by atoms with Gasteiger partial charge in [-0.15, -0.1) is 0 Å². The molecule has 0 bridgehead atoms. The fraction of sp³-hybridized carbons (Fsp3) is 0.500. The molecule has 2 aromatic rings. The standard InChI is InChI=1S/C16H21N5O2/c1-10(2)21-14-11(7-19-21)5-4-6-13(14)20-16(22)15-17-8-12(23-3)9-18-15/h7-10,13H,4-6H2,1-3H3,(H,20,22)/t13-/m0/s1. The average molecular weight is 315 g/mol. The molecule has 0 radical (unpaired) electrons. The number of rotatable bonds is 4. The molecule has 1 N–H and O–H groups in total. The predicted octanol–water partition coefficient (Wildman–Crippen LogP) is 2.07. The number of fused-ring (bicyclic) bond motifs is 1. The molecule has 23 heavy (non-hydrogen) atoms. The van der Waals surface area contributed by atoms with Gasteiger partial charge in [0.1, 0.15) is 0 Å². The molecule has 0 aliphatic heterocycles. The molecule has 7 heteroatoms. The summed E-state index contributed by atoms with van der Waals surface area (Å²) in [5.41, 5.74) is 2.32. The largest absolute Gasteiger partial charge is 0.494 e. The fourth-order valence-corrected chi connectivity index (χ4v) is 2.93. The lowest BCUT2D eigenvalue weighted by Crippen LogP contribution is -2.33. The molecule has 0 spiro atoms. The third kappa shape index (κ3) is 3.04. The Balaban J connectivity index is 1.81. The minimum atomic E-state index is -0.276. The Labute approximate surface area is 135 Å². The minimum absolute atomic E-state index is 0.0538. The molecule has 0 aromatic carbocycles. The molecule has 2 heterocycles. The number of hydrogen-bond acceptors (Lipinski definition) is 5. The maximum atomic E-state index is 12.4. The Hall–Kier alpha value is -2.44. The van der Waals surface area contributed by atoms with Crippen molar-refractivity contribution in [1.82, 2.24) is 25.1 Å². The highest BCUT2D eigenvalue weighted by molar-refractivity contribution is 5.90. The zero-order valence-corrected chi connectivity index (χ0v) is 13.6. The van der Waals surface area contributed by atoms with Crippen molar-refractivity contribution in [3.63, 3.8) is 0 Å². The van der Waals surface area contributed by atoms with E-state index in [0.717, 1.165) is 25.0 Å². The van der Waals surface area contributed by atoms with Crippen LogP contribution in [0.3, 0.4) is 0 Å². The van der Waals surface area contributed by atoms with E-state index >= 15 is 0 Å². The van der Waals surface area contributed by atoms with Gasteiger partial charge in [0, 0.05) is 6.04 Å². The second kappa shape index (κ2) is 6.36. The molecule has 0 saturated carbocycles. The predicted molar refractivity (Wildman–Crippen MR) is 84.3 cm³/mol. The van der Waals surface area contributed by atoms with Gasteiger partial charge in [-0.2, -0.15) is 5.10 Å². The topological polar surface area (TPSA) is 81.9 Å². The molecule has 0 unspecified atom stereocenters. The summed E-state index contributed by atoms with van der Waals surface area (Å²) in [7, 11) is 1.54. The van der Waals surface area contributed by atoms with Gasteiger partial charge in [0.15, 0.2) is 5.75 Å². The first-order chi connectivity index (χ1) is 11.1. The Bertz CT molecular complexity index is 693. The number of nitrogens with zero attached hydrogens (tertiary/aromatic N) is 4. The second-order valence-electron chi connectivity index (χ2n) is 5.96. The van der Waals surface area contributed by atoms with Crippen molar-refractivity contribution in [2.75, 3.05) is 7.11 Å². The Morgan fingerprint density at radius 3 is 2.74 bits per heavy atom. The minimum Gasteiger partial charge on any atom is -0.494 e. The van der Waals surface area contributed by atoms with Crippen LogP contribution in [-0.2, 0) is 6.42 Å². The van der Waals surface area contributed by atoms with E-state index in [-0.39, 0.29) is 23.8 Å². The van der Waals surface area contributed by atoms with E-state index in [1.54, 1.807) is 0 Å². The summed E-state index contributed by atoms with van der Waals surface area (Å²) in [5, 5.41) is 7.51. The van der Waals surface area contributed by atoms with Crippen molar-refractivity contribution in [2.45, 2.75) is 45.2 Å². The van der Waals surface area contributed by atoms with E-state index in [0.29, 0.717) is 5.75 Å². The molecular weight excluding hydrogens is 294 g/mol. The Morgan fingerprint density at radius 2 is 2.09 bits per heavy atom. The highest BCUT2D eigenvalue weighted by Crippen LogP contribution is 2.31. The van der Waals surface area contributed by atoms with Crippen molar-refractivity contribution in [2.24, 2.45) is 0 Å². The van der Waals surface area contributed by atoms with Crippen molar-refractivity contribution < 1.29 is 9.53 Å². The molecule has 0 fully saturated rings. The number of carbonyl (C=O) groups is 1. The van der Waals surface area contributed by atoms with E-state index < -0.39 is 0 Å². The van der Waals surface area contributed by atoms with Gasteiger partial charge in [-0.1, -0.05) is 0 Å². The maximum absolute atomic E-state index is 12.4. The smallest absolute Gasteiger partial charge is 0.289 e. The first-order valence-electron chi connectivity index (χ1n) is 7.83. The van der Waals surface area contributed by atoms with Gasteiger partial charge in [-0.05, 0) is 38.7 Å². The number of methoxy groups -OCH3 is 1. The van der Waals surface area contributed by atoms with Crippen molar-refractivity contribution in [3.8, 4) is 5.75 Å². The van der Waals surface area contributed by atoms with E-state index in [2.05, 4.69) is 34.2 Å². The lowest BCUT2D eigenvalue weighted by Gasteiger charge is -2.26. The van der Waals surface area contributed by atoms with Crippen LogP contribution in [0.25, 0.3) is 0 Å². The maximum Gasteiger partial charge on any atom is 0.289 e. The molecule has 3 rings (SSSR count). The van der Waals surface area contributed by atoms with Gasteiger partial charge >= 0.3 is 0 Å². The number of amides is 1. The normalized spacial score (nSPS) is 17.0. The van der Waals surface area contributed by atoms with E-state index in [9.17, 15) is 4.79 Å². The average Bonchev–Trinajstić information content (AvgIpc) is 3.00. The molecule has 1 atom stereocenters. The van der Waals surface area contributed by atoms with Gasteiger partial charge in [0.2, 0.25) is 5.82 Å². The van der Waals surface area contributed by atoms with Crippen LogP contribution < -0.4 is 10.1 Å². The fourth-order valence-electron chi connectivity index (χ4n) is 2.93. The number of nitrogens with one attached hydrogen (secondary N) is 1.